The van der Waals surface area contributed by atoms with Crippen molar-refractivity contribution in [3.05, 3.63) is 213 Å². The Morgan fingerprint density at radius 3 is 1.36 bits per heavy atom. The number of ketones is 1. The molecule has 6 amide bonds. The van der Waals surface area contributed by atoms with Gasteiger partial charge in [0.1, 0.15) is 22.9 Å². The van der Waals surface area contributed by atoms with Crippen molar-refractivity contribution in [2.75, 3.05) is 10.6 Å². The van der Waals surface area contributed by atoms with Gasteiger partial charge < -0.3 is 20.8 Å². The van der Waals surface area contributed by atoms with Crippen LogP contribution in [0, 0.1) is 3.57 Å². The average molecular weight is 1120 g/mol. The molecule has 75 heavy (non-hydrogen) atoms. The number of carbonyl (C=O) groups is 5. The zero-order chi connectivity index (χ0) is 52.8. The van der Waals surface area contributed by atoms with Crippen LogP contribution in [0.4, 0.5) is 56.9 Å². The van der Waals surface area contributed by atoms with Gasteiger partial charge in [0, 0.05) is 48.0 Å². The Labute approximate surface area is 437 Å². The molecule has 9 aromatic rings. The summed E-state index contributed by atoms with van der Waals surface area (Å²) in [6.07, 6.45) is -4.62. The molecule has 9 rings (SSSR count). The highest BCUT2D eigenvalue weighted by Crippen LogP contribution is 2.39. The highest BCUT2D eigenvalue weighted by molar-refractivity contribution is 14.1. The Bertz CT molecular complexity index is 3800. The molecule has 0 aliphatic carbocycles. The third-order valence-electron chi connectivity index (χ3n) is 11.5. The van der Waals surface area contributed by atoms with Gasteiger partial charge in [0.15, 0.2) is 5.78 Å². The summed E-state index contributed by atoms with van der Waals surface area (Å²) in [5.41, 5.74) is 3.34. The number of phenols is 2. The summed E-state index contributed by atoms with van der Waals surface area (Å²) >= 11 is 2.12. The van der Waals surface area contributed by atoms with Crippen LogP contribution in [0.1, 0.15) is 42.2 Å². The maximum absolute atomic E-state index is 13.5. The first kappa shape index (κ1) is 50.3. The van der Waals surface area contributed by atoms with E-state index in [-0.39, 0.29) is 45.5 Å². The lowest BCUT2D eigenvalue weighted by molar-refractivity contribution is -0.137. The van der Waals surface area contributed by atoms with Gasteiger partial charge in [-0.3, -0.25) is 25.0 Å². The van der Waals surface area contributed by atoms with Gasteiger partial charge in [-0.25, -0.2) is 9.59 Å². The number of nitrogens with zero attached hydrogens (tertiary/aromatic N) is 4. The molecule has 0 saturated carbocycles. The van der Waals surface area contributed by atoms with Crippen molar-refractivity contribution >= 4 is 108 Å². The smallest absolute Gasteiger partial charge is 0.416 e. The lowest BCUT2D eigenvalue weighted by atomic mass is 9.99. The minimum atomic E-state index is -4.62. The van der Waals surface area contributed by atoms with Gasteiger partial charge in [0.05, 0.1) is 16.9 Å². The van der Waals surface area contributed by atoms with Gasteiger partial charge in [-0.05, 0) is 154 Å². The van der Waals surface area contributed by atoms with E-state index in [2.05, 4.69) is 64.3 Å². The number of alkyl halides is 3. The molecular weight excluding hydrogens is 1080 g/mol. The zero-order valence-electron chi connectivity index (χ0n) is 38.6. The van der Waals surface area contributed by atoms with E-state index in [0.29, 0.717) is 49.7 Å². The van der Waals surface area contributed by atoms with Gasteiger partial charge >= 0.3 is 18.2 Å². The number of aromatic hydroxyl groups is 2. The fraction of sp³-hybridized carbons (Fsp3) is 0.0179. The number of imide groups is 2. The summed E-state index contributed by atoms with van der Waals surface area (Å²) in [7, 11) is 0. The number of carbonyl (C=O) groups excluding carboxylic acids is 5. The summed E-state index contributed by atoms with van der Waals surface area (Å²) in [4.78, 5) is 64.2. The van der Waals surface area contributed by atoms with Crippen LogP contribution in [0.15, 0.2) is 202 Å². The van der Waals surface area contributed by atoms with Crippen LogP contribution in [0.2, 0.25) is 0 Å². The van der Waals surface area contributed by atoms with Crippen molar-refractivity contribution in [1.82, 2.24) is 10.6 Å². The normalized spacial score (nSPS) is 11.5. The van der Waals surface area contributed by atoms with Crippen molar-refractivity contribution in [3.63, 3.8) is 0 Å². The second-order valence-corrected chi connectivity index (χ2v) is 17.8. The van der Waals surface area contributed by atoms with E-state index in [1.807, 2.05) is 30.3 Å². The van der Waals surface area contributed by atoms with E-state index in [0.717, 1.165) is 32.9 Å². The van der Waals surface area contributed by atoms with Crippen molar-refractivity contribution < 1.29 is 47.4 Å². The molecule has 0 heterocycles. The number of hydrogen-bond acceptors (Lipinski definition) is 11. The lowest BCUT2D eigenvalue weighted by Crippen LogP contribution is -2.34. The average Bonchev–Trinajstić information content (AvgIpc) is 3.40. The Balaban J connectivity index is 0.802. The number of halogens is 4. The first-order valence-electron chi connectivity index (χ1n) is 22.4. The molecule has 0 fully saturated rings. The summed E-state index contributed by atoms with van der Waals surface area (Å²) in [5, 5.41) is 49.8. The maximum atomic E-state index is 13.5. The monoisotopic (exact) mass is 1120 g/mol. The Morgan fingerprint density at radius 2 is 0.880 bits per heavy atom. The molecule has 0 aliphatic rings. The SMILES string of the molecule is O=C(NC(=O)c1ccc2c(N=Nc3ccc(C(=O)c4ccc(-c5ccc(N=Nc6c(O)ccc7cc(C(=O)NC(=O)Nc8cccc(C(F)(F)F)c8)ccc67)cc5)cc4)cc3)c(O)ccc2c1)Nc1cccc(I)c1. The topological polar surface area (TPSA) is 223 Å². The molecule has 0 unspecified atom stereocenters. The molecule has 9 aromatic carbocycles. The molecule has 0 atom stereocenters. The molecule has 0 bridgehead atoms. The highest BCUT2D eigenvalue weighted by atomic mass is 127. The van der Waals surface area contributed by atoms with Gasteiger partial charge in [0.25, 0.3) is 11.8 Å². The molecular formula is C56H36F3IN8O7. The third kappa shape index (κ3) is 12.0. The third-order valence-corrected chi connectivity index (χ3v) is 12.1. The maximum Gasteiger partial charge on any atom is 0.416 e. The highest BCUT2D eigenvalue weighted by Gasteiger charge is 2.30. The Kier molecular flexibility index (Phi) is 14.5. The standard InChI is InChI=1S/C56H36F3IN8O7/c57-56(58,59)39-3-1-5-43(29-39)61-54(74)63-52(72)37-15-23-45-35(27-37)17-25-47(69)49(45)67-65-41-19-11-32(12-20-41)31-7-9-33(10-8-31)51(71)34-13-21-42(22-14-34)66-68-50-46-24-16-38(28-36(46)18-26-48(50)70)53(73)64-55(75)62-44-6-2-4-40(60)30-44/h1-30,69-70H,(H2,61,63,72,74)(H2,62,64,73,75). The van der Waals surface area contributed by atoms with E-state index < -0.39 is 35.6 Å². The number of azo groups is 2. The molecule has 0 aliphatic heterocycles. The van der Waals surface area contributed by atoms with Crippen LogP contribution in [-0.4, -0.2) is 39.9 Å². The van der Waals surface area contributed by atoms with Crippen LogP contribution in [0.5, 0.6) is 11.5 Å². The van der Waals surface area contributed by atoms with Gasteiger partial charge in [-0.2, -0.15) is 23.4 Å². The first-order valence-corrected chi connectivity index (χ1v) is 23.5. The number of hydrogen-bond donors (Lipinski definition) is 6. The number of rotatable bonds is 11. The van der Waals surface area contributed by atoms with Crippen molar-refractivity contribution in [1.29, 1.82) is 0 Å². The van der Waals surface area contributed by atoms with Gasteiger partial charge in [0.2, 0.25) is 0 Å². The molecule has 0 saturated heterocycles. The van der Waals surface area contributed by atoms with Gasteiger partial charge in [-0.1, -0.05) is 72.8 Å². The molecule has 15 nitrogen and oxygen atoms in total. The molecule has 370 valence electrons. The predicted octanol–water partition coefficient (Wildman–Crippen LogP) is 14.7. The number of benzene rings is 9. The van der Waals surface area contributed by atoms with Crippen LogP contribution in [0.25, 0.3) is 32.7 Å². The van der Waals surface area contributed by atoms with E-state index >= 15 is 0 Å². The molecule has 19 heteroatoms. The molecule has 6 N–H and O–H groups in total. The van der Waals surface area contributed by atoms with E-state index in [1.54, 1.807) is 91.0 Å². The number of phenolic OH excluding ortho intramolecular Hbond substituents is 2. The second-order valence-electron chi connectivity index (χ2n) is 16.5. The molecule has 0 spiro atoms. The largest absolute Gasteiger partial charge is 0.506 e. The summed E-state index contributed by atoms with van der Waals surface area (Å²) < 4.78 is 40.2. The van der Waals surface area contributed by atoms with E-state index in [9.17, 15) is 47.4 Å². The van der Waals surface area contributed by atoms with E-state index in [4.69, 9.17) is 0 Å². The summed E-state index contributed by atoms with van der Waals surface area (Å²) in [6, 6.07) is 45.0. The van der Waals surface area contributed by atoms with Gasteiger partial charge in [-0.15, -0.1) is 10.2 Å². The number of urea groups is 2. The van der Waals surface area contributed by atoms with Crippen LogP contribution >= 0.6 is 22.6 Å². The number of fused-ring (bicyclic) bond motifs is 2. The number of nitrogens with one attached hydrogen (secondary N) is 4. The Hall–Kier alpha value is -9.63. The fourth-order valence-corrected chi connectivity index (χ4v) is 8.25. The van der Waals surface area contributed by atoms with E-state index in [1.165, 1.54) is 42.5 Å². The van der Waals surface area contributed by atoms with Crippen molar-refractivity contribution in [2.24, 2.45) is 20.5 Å². The van der Waals surface area contributed by atoms with Crippen LogP contribution in [-0.2, 0) is 6.18 Å². The number of amides is 6. The van der Waals surface area contributed by atoms with Crippen molar-refractivity contribution in [3.8, 4) is 22.6 Å². The van der Waals surface area contributed by atoms with Crippen molar-refractivity contribution in [2.45, 2.75) is 6.18 Å². The van der Waals surface area contributed by atoms with Crippen LogP contribution in [0.3, 0.4) is 0 Å². The number of anilines is 2. The Morgan fingerprint density at radius 1 is 0.453 bits per heavy atom. The first-order chi connectivity index (χ1) is 36.0. The summed E-state index contributed by atoms with van der Waals surface area (Å²) in [6.45, 7) is 0. The molecule has 0 radical (unpaired) electrons. The minimum absolute atomic E-state index is 0.0613. The fourth-order valence-electron chi connectivity index (χ4n) is 7.71. The lowest BCUT2D eigenvalue weighted by Gasteiger charge is -2.11. The quantitative estimate of drug-likeness (QED) is 0.0417. The summed E-state index contributed by atoms with van der Waals surface area (Å²) in [5.74, 6) is -1.99. The van der Waals surface area contributed by atoms with Crippen LogP contribution < -0.4 is 21.3 Å². The predicted molar refractivity (Wildman–Crippen MR) is 285 cm³/mol. The minimum Gasteiger partial charge on any atom is -0.506 e. The zero-order valence-corrected chi connectivity index (χ0v) is 40.7. The second kappa shape index (κ2) is 21.6. The molecule has 0 aromatic heterocycles.